The van der Waals surface area contributed by atoms with Crippen molar-refractivity contribution in [2.45, 2.75) is 58.9 Å². The molecule has 142 valence electrons. The Hall–Kier alpha value is -0.810. The second-order valence-electron chi connectivity index (χ2n) is 7.92. The van der Waals surface area contributed by atoms with E-state index in [1.54, 1.807) is 7.11 Å². The Kier molecular flexibility index (Phi) is 9.67. The predicted molar refractivity (Wildman–Crippen MR) is 104 cm³/mol. The van der Waals surface area contributed by atoms with Crippen LogP contribution in [-0.2, 0) is 4.74 Å². The van der Waals surface area contributed by atoms with Gasteiger partial charge in [-0.15, -0.1) is 0 Å². The number of hydrogen-bond acceptors (Lipinski definition) is 3. The second-order valence-corrected chi connectivity index (χ2v) is 7.92. The number of aliphatic imine (C=N–C) groups is 1. The molecule has 1 fully saturated rings. The quantitative estimate of drug-likeness (QED) is 0.448. The van der Waals surface area contributed by atoms with E-state index in [4.69, 9.17) is 9.73 Å². The fourth-order valence-corrected chi connectivity index (χ4v) is 3.31. The van der Waals surface area contributed by atoms with E-state index in [2.05, 4.69) is 50.4 Å². The fourth-order valence-electron chi connectivity index (χ4n) is 3.31. The zero-order chi connectivity index (χ0) is 18.0. The van der Waals surface area contributed by atoms with Gasteiger partial charge in [0.15, 0.2) is 5.96 Å². The molecule has 0 aliphatic heterocycles. The summed E-state index contributed by atoms with van der Waals surface area (Å²) in [4.78, 5) is 7.20. The third kappa shape index (κ3) is 7.39. The Morgan fingerprint density at radius 3 is 2.42 bits per heavy atom. The van der Waals surface area contributed by atoms with Crippen LogP contribution in [0.2, 0.25) is 0 Å². The van der Waals surface area contributed by atoms with Crippen LogP contribution in [0.4, 0.5) is 0 Å². The Labute approximate surface area is 149 Å². The van der Waals surface area contributed by atoms with Gasteiger partial charge in [0.1, 0.15) is 0 Å². The van der Waals surface area contributed by atoms with Crippen LogP contribution < -0.4 is 10.6 Å². The van der Waals surface area contributed by atoms with Crippen LogP contribution in [0.1, 0.15) is 52.9 Å². The first kappa shape index (κ1) is 21.2. The molecular weight excluding hydrogens is 300 g/mol. The molecule has 0 spiro atoms. The highest BCUT2D eigenvalue weighted by atomic mass is 16.5. The van der Waals surface area contributed by atoms with Crippen LogP contribution in [0.25, 0.3) is 0 Å². The molecular formula is C19H40N4O. The largest absolute Gasteiger partial charge is 0.385 e. The van der Waals surface area contributed by atoms with Crippen molar-refractivity contribution in [3.63, 3.8) is 0 Å². The van der Waals surface area contributed by atoms with Gasteiger partial charge in [0.05, 0.1) is 0 Å². The summed E-state index contributed by atoms with van der Waals surface area (Å²) in [6.45, 7) is 10.3. The van der Waals surface area contributed by atoms with Gasteiger partial charge in [-0.25, -0.2) is 0 Å². The van der Waals surface area contributed by atoms with Gasteiger partial charge in [-0.3, -0.25) is 4.99 Å². The summed E-state index contributed by atoms with van der Waals surface area (Å²) in [5, 5.41) is 6.95. The van der Waals surface area contributed by atoms with Gasteiger partial charge in [-0.1, -0.05) is 20.3 Å². The van der Waals surface area contributed by atoms with Crippen LogP contribution in [-0.4, -0.2) is 64.3 Å². The predicted octanol–water partition coefficient (Wildman–Crippen LogP) is 2.72. The smallest absolute Gasteiger partial charge is 0.191 e. The van der Waals surface area contributed by atoms with Crippen LogP contribution in [0, 0.1) is 11.3 Å². The lowest BCUT2D eigenvalue weighted by Crippen LogP contribution is -2.46. The van der Waals surface area contributed by atoms with E-state index in [1.807, 2.05) is 0 Å². The van der Waals surface area contributed by atoms with Crippen molar-refractivity contribution in [1.82, 2.24) is 15.5 Å². The first-order valence-corrected chi connectivity index (χ1v) is 9.60. The van der Waals surface area contributed by atoms with Crippen molar-refractivity contribution in [3.8, 4) is 0 Å². The topological polar surface area (TPSA) is 48.9 Å². The molecule has 1 aliphatic rings. The second kappa shape index (κ2) is 10.9. The van der Waals surface area contributed by atoms with Gasteiger partial charge in [0.2, 0.25) is 0 Å². The number of nitrogens with zero attached hydrogens (tertiary/aromatic N) is 2. The number of ether oxygens (including phenoxy) is 1. The summed E-state index contributed by atoms with van der Waals surface area (Å²) in [6.07, 6.45) is 6.22. The first-order chi connectivity index (χ1) is 11.4. The first-order valence-electron chi connectivity index (χ1n) is 9.60. The fraction of sp³-hybridized carbons (Fsp3) is 0.947. The Bertz CT molecular complexity index is 364. The highest BCUT2D eigenvalue weighted by molar-refractivity contribution is 5.79. The summed E-state index contributed by atoms with van der Waals surface area (Å²) in [5.41, 5.74) is 0.372. The maximum atomic E-state index is 5.28. The van der Waals surface area contributed by atoms with Gasteiger partial charge in [0, 0.05) is 39.4 Å². The molecule has 1 unspecified atom stereocenters. The summed E-state index contributed by atoms with van der Waals surface area (Å²) < 4.78 is 5.28. The molecule has 0 amide bonds. The van der Waals surface area contributed by atoms with Crippen molar-refractivity contribution < 1.29 is 4.74 Å². The van der Waals surface area contributed by atoms with Crippen molar-refractivity contribution in [1.29, 1.82) is 0 Å². The number of nitrogens with one attached hydrogen (secondary N) is 2. The third-order valence-corrected chi connectivity index (χ3v) is 5.15. The molecule has 0 radical (unpaired) electrons. The molecule has 0 aromatic heterocycles. The Morgan fingerprint density at radius 2 is 1.96 bits per heavy atom. The molecule has 1 saturated carbocycles. The maximum Gasteiger partial charge on any atom is 0.191 e. The van der Waals surface area contributed by atoms with E-state index in [9.17, 15) is 0 Å². The van der Waals surface area contributed by atoms with E-state index in [1.165, 1.54) is 25.7 Å². The lowest BCUT2D eigenvalue weighted by Gasteiger charge is -2.40. The summed E-state index contributed by atoms with van der Waals surface area (Å²) in [5.74, 6) is 1.66. The van der Waals surface area contributed by atoms with Crippen LogP contribution in [0.5, 0.6) is 0 Å². The standard InChI is InChI=1S/C19H40N4O/c1-7-20-18(21-14-17(23(4)5)13-16(2)3)22-15-19(9-8-10-19)11-12-24-6/h16-17H,7-15H2,1-6H3,(H2,20,21,22). The molecule has 5 nitrogen and oxygen atoms in total. The molecule has 0 saturated heterocycles. The Morgan fingerprint density at radius 1 is 1.25 bits per heavy atom. The molecule has 1 aliphatic carbocycles. The van der Waals surface area contributed by atoms with Gasteiger partial charge < -0.3 is 20.3 Å². The van der Waals surface area contributed by atoms with Crippen LogP contribution in [0.15, 0.2) is 4.99 Å². The van der Waals surface area contributed by atoms with Crippen molar-refractivity contribution in [3.05, 3.63) is 0 Å². The molecule has 0 aromatic rings. The number of methoxy groups -OCH3 is 1. The average molecular weight is 341 g/mol. The maximum absolute atomic E-state index is 5.28. The number of rotatable bonds is 11. The monoisotopic (exact) mass is 340 g/mol. The van der Waals surface area contributed by atoms with Gasteiger partial charge in [-0.05, 0) is 58.0 Å². The summed E-state index contributed by atoms with van der Waals surface area (Å²) >= 11 is 0. The SMILES string of the molecule is CCNC(=NCC1(CCOC)CCC1)NCC(CC(C)C)N(C)C. The lowest BCUT2D eigenvalue weighted by molar-refractivity contribution is 0.0778. The van der Waals surface area contributed by atoms with E-state index in [0.717, 1.165) is 38.6 Å². The van der Waals surface area contributed by atoms with E-state index < -0.39 is 0 Å². The number of likely N-dealkylation sites (N-methyl/N-ethyl adjacent to an activating group) is 1. The summed E-state index contributed by atoms with van der Waals surface area (Å²) in [7, 11) is 6.11. The molecule has 1 atom stereocenters. The van der Waals surface area contributed by atoms with Crippen molar-refractivity contribution >= 4 is 5.96 Å². The van der Waals surface area contributed by atoms with E-state index >= 15 is 0 Å². The van der Waals surface area contributed by atoms with E-state index in [0.29, 0.717) is 17.4 Å². The molecule has 24 heavy (non-hydrogen) atoms. The van der Waals surface area contributed by atoms with Crippen molar-refractivity contribution in [2.24, 2.45) is 16.3 Å². The zero-order valence-corrected chi connectivity index (χ0v) is 16.8. The highest BCUT2D eigenvalue weighted by Gasteiger charge is 2.36. The van der Waals surface area contributed by atoms with Crippen LogP contribution in [0.3, 0.4) is 0 Å². The molecule has 0 aromatic carbocycles. The number of guanidine groups is 1. The lowest BCUT2D eigenvalue weighted by atomic mass is 9.67. The average Bonchev–Trinajstić information content (AvgIpc) is 2.49. The Balaban J connectivity index is 2.58. The van der Waals surface area contributed by atoms with Crippen molar-refractivity contribution in [2.75, 3.05) is 47.4 Å². The molecule has 1 rings (SSSR count). The van der Waals surface area contributed by atoms with Gasteiger partial charge >= 0.3 is 0 Å². The van der Waals surface area contributed by atoms with Crippen LogP contribution >= 0.6 is 0 Å². The minimum absolute atomic E-state index is 0.372. The van der Waals surface area contributed by atoms with E-state index in [-0.39, 0.29) is 0 Å². The molecule has 0 heterocycles. The zero-order valence-electron chi connectivity index (χ0n) is 16.8. The third-order valence-electron chi connectivity index (χ3n) is 5.15. The number of hydrogen-bond donors (Lipinski definition) is 2. The minimum Gasteiger partial charge on any atom is -0.385 e. The van der Waals surface area contributed by atoms with Gasteiger partial charge in [0.25, 0.3) is 0 Å². The molecule has 2 N–H and O–H groups in total. The summed E-state index contributed by atoms with van der Waals surface area (Å²) in [6, 6.07) is 0.528. The highest BCUT2D eigenvalue weighted by Crippen LogP contribution is 2.44. The van der Waals surface area contributed by atoms with Gasteiger partial charge in [-0.2, -0.15) is 0 Å². The molecule has 5 heteroatoms. The molecule has 0 bridgehead atoms. The normalized spacial score (nSPS) is 18.6. The minimum atomic E-state index is 0.372.